The lowest BCUT2D eigenvalue weighted by Gasteiger charge is -2.50. The van der Waals surface area contributed by atoms with Crippen LogP contribution < -0.4 is 0 Å². The Balaban J connectivity index is 3.17. The van der Waals surface area contributed by atoms with Gasteiger partial charge < -0.3 is 0 Å². The van der Waals surface area contributed by atoms with Crippen LogP contribution in [0.1, 0.15) is 0 Å². The molecule has 0 radical (unpaired) electrons. The van der Waals surface area contributed by atoms with Crippen molar-refractivity contribution in [3.63, 3.8) is 0 Å². The first-order valence-corrected chi connectivity index (χ1v) is 9.52. The summed E-state index contributed by atoms with van der Waals surface area (Å²) in [6.45, 7) is 0. The topological polar surface area (TPSA) is 0 Å². The van der Waals surface area contributed by atoms with Gasteiger partial charge in [0.05, 0.1) is 0 Å². The molecule has 0 nitrogen and oxygen atoms in total. The predicted octanol–water partition coefficient (Wildman–Crippen LogP) is 8.39. The van der Waals surface area contributed by atoms with Crippen LogP contribution in [0.4, 0.5) is 70.2 Å². The molecule has 0 amide bonds. The Morgan fingerprint density at radius 1 is 0.424 bits per heavy atom. The highest BCUT2D eigenvalue weighted by Crippen LogP contribution is 2.93. The van der Waals surface area contributed by atoms with Crippen molar-refractivity contribution in [2.24, 2.45) is 0 Å². The zero-order chi connectivity index (χ0) is 26.9. The van der Waals surface area contributed by atoms with Crippen molar-refractivity contribution in [3.05, 3.63) is 11.1 Å². The number of hydrogen-bond donors (Lipinski definition) is 0. The summed E-state index contributed by atoms with van der Waals surface area (Å²) in [5.41, 5.74) is -7.87. The number of halogens is 20. The van der Waals surface area contributed by atoms with Gasteiger partial charge in [0.15, 0.2) is 0 Å². The summed E-state index contributed by atoms with van der Waals surface area (Å²) in [4.78, 5) is 0. The Morgan fingerprint density at radius 3 is 0.788 bits per heavy atom. The molecule has 1 aliphatic heterocycles. The van der Waals surface area contributed by atoms with Gasteiger partial charge in [-0.2, -0.15) is 70.2 Å². The first kappa shape index (κ1) is 29.4. The molecule has 1 aliphatic carbocycles. The van der Waals surface area contributed by atoms with Gasteiger partial charge in [0.25, 0.3) is 0 Å². The highest BCUT2D eigenvalue weighted by atomic mass is 35.5. The van der Waals surface area contributed by atoms with Crippen LogP contribution in [0.25, 0.3) is 0 Å². The van der Waals surface area contributed by atoms with Crippen LogP contribution in [0.3, 0.4) is 0 Å². The minimum atomic E-state index is -6.83. The quantitative estimate of drug-likeness (QED) is 0.114. The van der Waals surface area contributed by atoms with Gasteiger partial charge in [0, 0.05) is 11.1 Å². The number of fused-ring (bicyclic) bond motifs is 1. The second-order valence-electron chi connectivity index (χ2n) is 6.50. The van der Waals surface area contributed by atoms with E-state index in [0.29, 0.717) is 0 Å². The van der Waals surface area contributed by atoms with Gasteiger partial charge in [-0.3, -0.25) is 0 Å². The van der Waals surface area contributed by atoms with Crippen molar-refractivity contribution in [2.45, 2.75) is 54.7 Å². The molecule has 21 heteroatoms. The van der Waals surface area contributed by atoms with Crippen LogP contribution in [-0.4, -0.2) is 54.7 Å². The second kappa shape index (κ2) is 6.91. The molecule has 2 aliphatic rings. The fraction of sp³-hybridized carbons (Fsp3) is 0.833. The van der Waals surface area contributed by atoms with Crippen LogP contribution in [0.15, 0.2) is 11.1 Å². The molecule has 2 rings (SSSR count). The zero-order valence-electron chi connectivity index (χ0n) is 14.0. The van der Waals surface area contributed by atoms with Crippen LogP contribution in [0, 0.1) is 0 Å². The highest BCUT2D eigenvalue weighted by Gasteiger charge is 3.06. The Hall–Kier alpha value is 0.130. The van der Waals surface area contributed by atoms with E-state index in [0.717, 1.165) is 0 Å². The van der Waals surface area contributed by atoms with Crippen molar-refractivity contribution >= 4 is 58.2 Å². The number of alkyl halides is 20. The molecule has 0 aromatic heterocycles. The number of hydrogen-bond acceptors (Lipinski definition) is 1. The summed E-state index contributed by atoms with van der Waals surface area (Å²) in [5.74, 6) is -27.2. The van der Waals surface area contributed by atoms with Gasteiger partial charge in [-0.25, -0.2) is 0 Å². The van der Waals surface area contributed by atoms with E-state index >= 15 is 0 Å². The van der Waals surface area contributed by atoms with Crippen molar-refractivity contribution in [2.75, 3.05) is 0 Å². The monoisotopic (exact) mass is 620 g/mol. The van der Waals surface area contributed by atoms with Crippen LogP contribution in [-0.2, 0) is 0 Å². The van der Waals surface area contributed by atoms with E-state index in [2.05, 4.69) is 46.4 Å². The summed E-state index contributed by atoms with van der Waals surface area (Å²) < 4.78 is 209. The normalized spacial score (nSPS) is 28.0. The third-order valence-electron chi connectivity index (χ3n) is 4.65. The molecule has 0 aromatic rings. The molecule has 0 saturated carbocycles. The molecule has 0 aromatic carbocycles. The fourth-order valence-electron chi connectivity index (χ4n) is 3.27. The molecule has 0 bridgehead atoms. The molecule has 1 saturated heterocycles. The van der Waals surface area contributed by atoms with Crippen molar-refractivity contribution < 1.29 is 70.2 Å². The molecular weight excluding hydrogens is 622 g/mol. The minimum Gasteiger partial charge on any atom is -0.196 e. The largest absolute Gasteiger partial charge is 0.388 e. The highest BCUT2D eigenvalue weighted by molar-refractivity contribution is 8.11. The first-order chi connectivity index (χ1) is 13.9. The second-order valence-corrected chi connectivity index (χ2v) is 9.83. The fourth-order valence-corrected chi connectivity index (χ4v) is 5.90. The molecule has 0 unspecified atom stereocenters. The molecule has 2 atom stereocenters. The van der Waals surface area contributed by atoms with Crippen LogP contribution in [0.2, 0.25) is 0 Å². The molecule has 0 spiro atoms. The van der Waals surface area contributed by atoms with E-state index in [1.165, 1.54) is 0 Å². The Kier molecular flexibility index (Phi) is 6.15. The molecule has 33 heavy (non-hydrogen) atoms. The van der Waals surface area contributed by atoms with E-state index in [9.17, 15) is 70.2 Å². The average Bonchev–Trinajstić information content (AvgIpc) is 3.06. The lowest BCUT2D eigenvalue weighted by molar-refractivity contribution is -0.238. The summed E-state index contributed by atoms with van der Waals surface area (Å²) in [5, 5.41) is -25.5. The van der Waals surface area contributed by atoms with Crippen molar-refractivity contribution in [3.8, 4) is 0 Å². The summed E-state index contributed by atoms with van der Waals surface area (Å²) in [7, 11) is 0. The maximum Gasteiger partial charge on any atom is 0.388 e. The smallest absolute Gasteiger partial charge is 0.196 e. The molecule has 0 N–H and O–H groups in total. The summed E-state index contributed by atoms with van der Waals surface area (Å²) in [6, 6.07) is 0. The van der Waals surface area contributed by atoms with Gasteiger partial charge in [0.2, 0.25) is 0 Å². The van der Waals surface area contributed by atoms with Gasteiger partial charge in [-0.1, -0.05) is 0 Å². The maximum absolute atomic E-state index is 14.3. The van der Waals surface area contributed by atoms with E-state index in [1.54, 1.807) is 0 Å². The van der Waals surface area contributed by atoms with E-state index in [1.807, 2.05) is 0 Å². The standard InChI is InChI=1S/C12Cl4F16S/c13-9(25,26)5(17,18)1-2(6(19,20)10(14,27)28)4(8(23,24)12(16,31)32)3(1,33-4)7(21,22)11(15,29)30/t3-,4+. The van der Waals surface area contributed by atoms with Gasteiger partial charge in [0.1, 0.15) is 9.49 Å². The SMILES string of the molecule is FC(F)(Cl)C(F)(F)C1=C(C(F)(F)C(F)(F)Cl)[C@@]2(C(F)(F)C(F)(F)Cl)S[C@@]12C(F)(F)C(F)(F)Cl. The molecule has 194 valence electrons. The third-order valence-corrected chi connectivity index (χ3v) is 7.54. The van der Waals surface area contributed by atoms with Gasteiger partial charge in [-0.05, 0) is 46.4 Å². The lowest BCUT2D eigenvalue weighted by Crippen LogP contribution is -2.72. The van der Waals surface area contributed by atoms with Crippen LogP contribution in [0.5, 0.6) is 0 Å². The Labute approximate surface area is 194 Å². The summed E-state index contributed by atoms with van der Waals surface area (Å²) in [6.07, 6.45) is 0. The molecule has 1 heterocycles. The molecule has 1 fully saturated rings. The average molecular weight is 622 g/mol. The van der Waals surface area contributed by atoms with Crippen LogP contribution >= 0.6 is 58.2 Å². The maximum atomic E-state index is 14.3. The minimum absolute atomic E-state index is 2.02. The van der Waals surface area contributed by atoms with E-state index in [4.69, 9.17) is 0 Å². The third kappa shape index (κ3) is 3.22. The van der Waals surface area contributed by atoms with Crippen molar-refractivity contribution in [1.82, 2.24) is 0 Å². The number of thioether (sulfide) groups is 1. The predicted molar refractivity (Wildman–Crippen MR) is 83.1 cm³/mol. The number of rotatable bonds is 8. The van der Waals surface area contributed by atoms with Gasteiger partial charge in [-0.15, -0.1) is 11.8 Å². The zero-order valence-corrected chi connectivity index (χ0v) is 17.8. The van der Waals surface area contributed by atoms with E-state index < -0.39 is 77.6 Å². The Bertz CT molecular complexity index is 808. The Morgan fingerprint density at radius 2 is 0.636 bits per heavy atom. The van der Waals surface area contributed by atoms with E-state index in [-0.39, 0.29) is 0 Å². The molecular formula is C12Cl4F16S. The summed E-state index contributed by atoms with van der Waals surface area (Å²) >= 11 is 13.7. The van der Waals surface area contributed by atoms with Crippen molar-refractivity contribution in [1.29, 1.82) is 0 Å². The van der Waals surface area contributed by atoms with Gasteiger partial charge >= 0.3 is 45.2 Å². The first-order valence-electron chi connectivity index (χ1n) is 7.19. The lowest BCUT2D eigenvalue weighted by atomic mass is 9.58.